The quantitative estimate of drug-likeness (QED) is 0.670. The Hall–Kier alpha value is -2.28. The van der Waals surface area contributed by atoms with E-state index in [2.05, 4.69) is 10.1 Å². The van der Waals surface area contributed by atoms with Crippen LogP contribution in [0.25, 0.3) is 11.4 Å². The zero-order valence-electron chi connectivity index (χ0n) is 12.2. The third kappa shape index (κ3) is 3.25. The SMILES string of the molecule is CC(C)C(c1nc(-c2cccc([N+](=O)[O-])c2)no1)C(C)N. The molecule has 7 heteroatoms. The molecule has 2 aromatic rings. The number of benzene rings is 1. The number of rotatable bonds is 5. The van der Waals surface area contributed by atoms with Crippen molar-refractivity contribution < 1.29 is 9.45 Å². The Morgan fingerprint density at radius 1 is 1.33 bits per heavy atom. The maximum absolute atomic E-state index is 10.8. The van der Waals surface area contributed by atoms with Gasteiger partial charge in [-0.2, -0.15) is 4.98 Å². The van der Waals surface area contributed by atoms with E-state index in [9.17, 15) is 10.1 Å². The number of non-ortho nitro benzene ring substituents is 1. The molecular formula is C14H18N4O3. The van der Waals surface area contributed by atoms with Crippen LogP contribution in [0.15, 0.2) is 28.8 Å². The first-order chi connectivity index (χ1) is 9.90. The molecule has 0 radical (unpaired) electrons. The van der Waals surface area contributed by atoms with Crippen LogP contribution in [-0.2, 0) is 0 Å². The Morgan fingerprint density at radius 2 is 2.05 bits per heavy atom. The molecule has 1 aromatic heterocycles. The van der Waals surface area contributed by atoms with Crippen molar-refractivity contribution in [2.45, 2.75) is 32.7 Å². The Balaban J connectivity index is 2.35. The second kappa shape index (κ2) is 6.01. The van der Waals surface area contributed by atoms with Crippen LogP contribution in [-0.4, -0.2) is 21.1 Å². The van der Waals surface area contributed by atoms with Gasteiger partial charge in [0, 0.05) is 23.7 Å². The van der Waals surface area contributed by atoms with Gasteiger partial charge in [0.2, 0.25) is 11.7 Å². The van der Waals surface area contributed by atoms with Gasteiger partial charge in [0.1, 0.15) is 0 Å². The molecule has 0 saturated carbocycles. The van der Waals surface area contributed by atoms with Crippen molar-refractivity contribution in [1.29, 1.82) is 0 Å². The normalized spacial score (nSPS) is 14.1. The standard InChI is InChI=1S/C14H18N4O3/c1-8(2)12(9(3)15)14-16-13(17-21-14)10-5-4-6-11(7-10)18(19)20/h4-9,12H,15H2,1-3H3. The molecule has 0 saturated heterocycles. The number of aromatic nitrogens is 2. The van der Waals surface area contributed by atoms with Gasteiger partial charge in [0.05, 0.1) is 10.8 Å². The minimum atomic E-state index is -0.455. The van der Waals surface area contributed by atoms with Crippen LogP contribution in [0, 0.1) is 16.0 Å². The third-order valence-electron chi connectivity index (χ3n) is 3.33. The van der Waals surface area contributed by atoms with Crippen molar-refractivity contribution >= 4 is 5.69 Å². The van der Waals surface area contributed by atoms with Crippen molar-refractivity contribution in [3.05, 3.63) is 40.3 Å². The fourth-order valence-electron chi connectivity index (χ4n) is 2.36. The highest BCUT2D eigenvalue weighted by molar-refractivity contribution is 5.58. The summed E-state index contributed by atoms with van der Waals surface area (Å²) in [5, 5.41) is 14.7. The Bertz CT molecular complexity index is 629. The van der Waals surface area contributed by atoms with E-state index >= 15 is 0 Å². The highest BCUT2D eigenvalue weighted by Crippen LogP contribution is 2.28. The average Bonchev–Trinajstić information content (AvgIpc) is 2.87. The molecule has 1 aromatic carbocycles. The lowest BCUT2D eigenvalue weighted by Crippen LogP contribution is -2.28. The Kier molecular flexibility index (Phi) is 4.32. The van der Waals surface area contributed by atoms with Gasteiger partial charge in [-0.15, -0.1) is 0 Å². The van der Waals surface area contributed by atoms with Gasteiger partial charge < -0.3 is 10.3 Å². The van der Waals surface area contributed by atoms with Crippen molar-refractivity contribution in [2.24, 2.45) is 11.7 Å². The number of nitro benzene ring substituents is 1. The van der Waals surface area contributed by atoms with E-state index in [1.54, 1.807) is 12.1 Å². The monoisotopic (exact) mass is 290 g/mol. The van der Waals surface area contributed by atoms with E-state index in [0.717, 1.165) is 0 Å². The van der Waals surface area contributed by atoms with Gasteiger partial charge in [0.15, 0.2) is 0 Å². The van der Waals surface area contributed by atoms with Crippen LogP contribution in [0.4, 0.5) is 5.69 Å². The fraction of sp³-hybridized carbons (Fsp3) is 0.429. The largest absolute Gasteiger partial charge is 0.339 e. The molecule has 21 heavy (non-hydrogen) atoms. The van der Waals surface area contributed by atoms with E-state index in [1.165, 1.54) is 12.1 Å². The molecule has 0 aliphatic heterocycles. The van der Waals surface area contributed by atoms with E-state index < -0.39 is 4.92 Å². The maximum atomic E-state index is 10.8. The van der Waals surface area contributed by atoms with Crippen LogP contribution in [0.2, 0.25) is 0 Å². The fourth-order valence-corrected chi connectivity index (χ4v) is 2.36. The zero-order chi connectivity index (χ0) is 15.6. The minimum Gasteiger partial charge on any atom is -0.339 e. The average molecular weight is 290 g/mol. The van der Waals surface area contributed by atoms with Crippen molar-refractivity contribution in [1.82, 2.24) is 10.1 Å². The van der Waals surface area contributed by atoms with Crippen LogP contribution < -0.4 is 5.73 Å². The molecule has 1 heterocycles. The number of hydrogen-bond acceptors (Lipinski definition) is 6. The van der Waals surface area contributed by atoms with Gasteiger partial charge in [-0.25, -0.2) is 0 Å². The summed E-state index contributed by atoms with van der Waals surface area (Å²) in [4.78, 5) is 14.7. The number of nitro groups is 1. The molecule has 0 amide bonds. The first-order valence-corrected chi connectivity index (χ1v) is 6.74. The van der Waals surface area contributed by atoms with Crippen LogP contribution in [0.5, 0.6) is 0 Å². The van der Waals surface area contributed by atoms with E-state index in [-0.39, 0.29) is 23.6 Å². The van der Waals surface area contributed by atoms with E-state index in [1.807, 2.05) is 20.8 Å². The minimum absolute atomic E-state index is 0.00791. The highest BCUT2D eigenvalue weighted by Gasteiger charge is 2.26. The Labute approximate surface area is 122 Å². The van der Waals surface area contributed by atoms with Crippen molar-refractivity contribution in [3.63, 3.8) is 0 Å². The van der Waals surface area contributed by atoms with Crippen LogP contribution in [0.1, 0.15) is 32.6 Å². The third-order valence-corrected chi connectivity index (χ3v) is 3.33. The summed E-state index contributed by atoms with van der Waals surface area (Å²) < 4.78 is 5.29. The van der Waals surface area contributed by atoms with Gasteiger partial charge in [-0.1, -0.05) is 31.1 Å². The van der Waals surface area contributed by atoms with Crippen LogP contribution >= 0.6 is 0 Å². The molecule has 0 aliphatic rings. The molecule has 0 fully saturated rings. The lowest BCUT2D eigenvalue weighted by molar-refractivity contribution is -0.384. The molecule has 2 unspecified atom stereocenters. The molecule has 2 N–H and O–H groups in total. The second-order valence-electron chi connectivity index (χ2n) is 5.39. The number of hydrogen-bond donors (Lipinski definition) is 1. The summed E-state index contributed by atoms with van der Waals surface area (Å²) in [7, 11) is 0. The topological polar surface area (TPSA) is 108 Å². The highest BCUT2D eigenvalue weighted by atomic mass is 16.6. The van der Waals surface area contributed by atoms with Gasteiger partial charge in [-0.3, -0.25) is 10.1 Å². The lowest BCUT2D eigenvalue weighted by Gasteiger charge is -2.20. The van der Waals surface area contributed by atoms with Gasteiger partial charge in [-0.05, 0) is 12.8 Å². The number of nitrogens with zero attached hydrogens (tertiary/aromatic N) is 3. The summed E-state index contributed by atoms with van der Waals surface area (Å²) in [6, 6.07) is 6.02. The summed E-state index contributed by atoms with van der Waals surface area (Å²) in [6.07, 6.45) is 0. The first kappa shape index (κ1) is 15.1. The molecule has 0 bridgehead atoms. The molecule has 2 atom stereocenters. The van der Waals surface area contributed by atoms with Crippen molar-refractivity contribution in [2.75, 3.05) is 0 Å². The second-order valence-corrected chi connectivity index (χ2v) is 5.39. The summed E-state index contributed by atoms with van der Waals surface area (Å²) in [5.74, 6) is 0.995. The zero-order valence-corrected chi connectivity index (χ0v) is 12.2. The summed E-state index contributed by atoms with van der Waals surface area (Å²) in [6.45, 7) is 5.96. The van der Waals surface area contributed by atoms with E-state index in [0.29, 0.717) is 17.3 Å². The molecule has 0 aliphatic carbocycles. The first-order valence-electron chi connectivity index (χ1n) is 6.74. The number of nitrogens with two attached hydrogens (primary N) is 1. The van der Waals surface area contributed by atoms with E-state index in [4.69, 9.17) is 10.3 Å². The Morgan fingerprint density at radius 3 is 2.62 bits per heavy atom. The van der Waals surface area contributed by atoms with Gasteiger partial charge in [0.25, 0.3) is 5.69 Å². The predicted octanol–water partition coefficient (Wildman–Crippen LogP) is 2.73. The summed E-state index contributed by atoms with van der Waals surface area (Å²) >= 11 is 0. The molecule has 112 valence electrons. The predicted molar refractivity (Wildman–Crippen MR) is 77.6 cm³/mol. The summed E-state index contributed by atoms with van der Waals surface area (Å²) in [5.41, 5.74) is 6.50. The van der Waals surface area contributed by atoms with Crippen molar-refractivity contribution in [3.8, 4) is 11.4 Å². The maximum Gasteiger partial charge on any atom is 0.270 e. The molecule has 7 nitrogen and oxygen atoms in total. The van der Waals surface area contributed by atoms with Crippen LogP contribution in [0.3, 0.4) is 0 Å². The van der Waals surface area contributed by atoms with Gasteiger partial charge >= 0.3 is 0 Å². The molecule has 2 rings (SSSR count). The molecular weight excluding hydrogens is 272 g/mol. The molecule has 0 spiro atoms. The lowest BCUT2D eigenvalue weighted by atomic mass is 9.90. The smallest absolute Gasteiger partial charge is 0.270 e.